The predicted molar refractivity (Wildman–Crippen MR) is 182 cm³/mol. The van der Waals surface area contributed by atoms with Gasteiger partial charge in [-0.15, -0.1) is 0 Å². The summed E-state index contributed by atoms with van der Waals surface area (Å²) in [7, 11) is 3.37. The van der Waals surface area contributed by atoms with E-state index < -0.39 is 0 Å². The molecule has 1 amide bonds. The van der Waals surface area contributed by atoms with E-state index in [0.717, 1.165) is 67.8 Å². The number of methoxy groups -OCH3 is 2. The number of nitrogens with zero attached hydrogens (tertiary/aromatic N) is 6. The molecule has 6 rings (SSSR count). The molecule has 3 heterocycles. The van der Waals surface area contributed by atoms with Crippen LogP contribution in [0.4, 0.5) is 17.2 Å². The number of thioether (sulfide) groups is 1. The lowest BCUT2D eigenvalue weighted by Crippen LogP contribution is -2.48. The van der Waals surface area contributed by atoms with Crippen molar-refractivity contribution in [3.63, 3.8) is 0 Å². The number of halogens is 1. The van der Waals surface area contributed by atoms with E-state index in [-0.39, 0.29) is 5.91 Å². The summed E-state index contributed by atoms with van der Waals surface area (Å²) in [5.41, 5.74) is 3.98. The number of piperazine rings is 2. The van der Waals surface area contributed by atoms with Crippen LogP contribution < -0.4 is 24.2 Å². The summed E-state index contributed by atoms with van der Waals surface area (Å²) in [6.07, 6.45) is 0. The smallest absolute Gasteiger partial charge is 0.253 e. The summed E-state index contributed by atoms with van der Waals surface area (Å²) in [5.74, 6) is 3.23. The number of para-hydroxylation sites is 2. The van der Waals surface area contributed by atoms with Crippen molar-refractivity contribution in [3.05, 3.63) is 95.1 Å². The summed E-state index contributed by atoms with van der Waals surface area (Å²) >= 11 is 7.97. The lowest BCUT2D eigenvalue weighted by molar-refractivity contribution is 0.0746. The average Bonchev–Trinajstić information content (AvgIpc) is 3.10. The summed E-state index contributed by atoms with van der Waals surface area (Å²) in [5, 5.41) is 1.05. The highest BCUT2D eigenvalue weighted by atomic mass is 35.5. The third-order valence-corrected chi connectivity index (χ3v) is 9.35. The Kier molecular flexibility index (Phi) is 9.81. The van der Waals surface area contributed by atoms with Gasteiger partial charge in [0.05, 0.1) is 19.9 Å². The van der Waals surface area contributed by atoms with Gasteiger partial charge in [-0.2, -0.15) is 0 Å². The van der Waals surface area contributed by atoms with E-state index in [1.54, 1.807) is 14.2 Å². The molecule has 0 unspecified atom stereocenters. The summed E-state index contributed by atoms with van der Waals surface area (Å²) in [6.45, 7) is 6.26. The number of carbonyl (C=O) groups is 1. The van der Waals surface area contributed by atoms with Gasteiger partial charge < -0.3 is 29.1 Å². The Morgan fingerprint density at radius 2 is 1.49 bits per heavy atom. The van der Waals surface area contributed by atoms with E-state index in [9.17, 15) is 4.79 Å². The first-order valence-corrected chi connectivity index (χ1v) is 16.4. The molecular formula is C34H37ClN6O3S. The van der Waals surface area contributed by atoms with Crippen molar-refractivity contribution in [1.29, 1.82) is 0 Å². The van der Waals surface area contributed by atoms with E-state index in [4.69, 9.17) is 26.1 Å². The van der Waals surface area contributed by atoms with Crippen molar-refractivity contribution in [2.45, 2.75) is 10.9 Å². The lowest BCUT2D eigenvalue weighted by Gasteiger charge is -2.36. The maximum absolute atomic E-state index is 13.4. The second-order valence-electron chi connectivity index (χ2n) is 10.9. The minimum atomic E-state index is 0.0524. The third kappa shape index (κ3) is 7.40. The first-order chi connectivity index (χ1) is 22.0. The third-order valence-electron chi connectivity index (χ3n) is 8.24. The fraction of sp³-hybridized carbons (Fsp3) is 0.324. The highest BCUT2D eigenvalue weighted by molar-refractivity contribution is 7.98. The van der Waals surface area contributed by atoms with Gasteiger partial charge in [0.15, 0.2) is 5.16 Å². The number of rotatable bonds is 9. The number of hydrogen-bond acceptors (Lipinski definition) is 9. The molecule has 4 aromatic rings. The molecule has 0 aliphatic carbocycles. The van der Waals surface area contributed by atoms with Gasteiger partial charge in [-0.3, -0.25) is 4.79 Å². The Morgan fingerprint density at radius 3 is 2.22 bits per heavy atom. The van der Waals surface area contributed by atoms with E-state index >= 15 is 0 Å². The van der Waals surface area contributed by atoms with Gasteiger partial charge in [-0.1, -0.05) is 47.6 Å². The Hall–Kier alpha value is -4.15. The van der Waals surface area contributed by atoms with Gasteiger partial charge in [0.2, 0.25) is 0 Å². The van der Waals surface area contributed by atoms with Crippen LogP contribution in [-0.4, -0.2) is 87.4 Å². The fourth-order valence-electron chi connectivity index (χ4n) is 5.76. The average molecular weight is 645 g/mol. The Labute approximate surface area is 273 Å². The number of carbonyl (C=O) groups excluding carboxylic acids is 1. The monoisotopic (exact) mass is 644 g/mol. The summed E-state index contributed by atoms with van der Waals surface area (Å²) < 4.78 is 10.8. The minimum Gasteiger partial charge on any atom is -0.497 e. The number of anilines is 3. The molecule has 2 saturated heterocycles. The maximum Gasteiger partial charge on any atom is 0.253 e. The highest BCUT2D eigenvalue weighted by Gasteiger charge is 2.24. The number of aromatic nitrogens is 2. The molecule has 0 bridgehead atoms. The van der Waals surface area contributed by atoms with E-state index in [1.807, 2.05) is 65.6 Å². The van der Waals surface area contributed by atoms with Crippen LogP contribution in [-0.2, 0) is 5.75 Å². The summed E-state index contributed by atoms with van der Waals surface area (Å²) in [4.78, 5) is 31.6. The molecule has 3 aromatic carbocycles. The SMILES string of the molecule is COc1ccc(N2CCN(c3cc(Cl)nc(SCc4cccc(C(=O)N5CCN(c6ccccc6OC)CC5)c4)n3)CC2)cc1. The van der Waals surface area contributed by atoms with Gasteiger partial charge in [-0.25, -0.2) is 9.97 Å². The van der Waals surface area contributed by atoms with Crippen LogP contribution in [0.5, 0.6) is 11.5 Å². The quantitative estimate of drug-likeness (QED) is 0.129. The van der Waals surface area contributed by atoms with Crippen LogP contribution in [0.3, 0.4) is 0 Å². The fourth-order valence-corrected chi connectivity index (χ4v) is 6.79. The molecule has 2 aliphatic heterocycles. The van der Waals surface area contributed by atoms with Crippen molar-refractivity contribution in [2.24, 2.45) is 0 Å². The number of ether oxygens (including phenoxy) is 2. The van der Waals surface area contributed by atoms with Gasteiger partial charge in [-0.05, 0) is 54.1 Å². The maximum atomic E-state index is 13.4. The molecule has 0 spiro atoms. The molecule has 2 fully saturated rings. The highest BCUT2D eigenvalue weighted by Crippen LogP contribution is 2.30. The Morgan fingerprint density at radius 1 is 0.778 bits per heavy atom. The van der Waals surface area contributed by atoms with Gasteiger partial charge in [0.1, 0.15) is 22.5 Å². The number of amides is 1. The predicted octanol–water partition coefficient (Wildman–Crippen LogP) is 5.73. The topological polar surface area (TPSA) is 74.3 Å². The first kappa shape index (κ1) is 30.9. The van der Waals surface area contributed by atoms with Gasteiger partial charge >= 0.3 is 0 Å². The lowest BCUT2D eigenvalue weighted by atomic mass is 10.1. The number of hydrogen-bond donors (Lipinski definition) is 0. The molecule has 1 aromatic heterocycles. The largest absolute Gasteiger partial charge is 0.497 e. The van der Waals surface area contributed by atoms with Crippen LogP contribution in [0, 0.1) is 0 Å². The molecule has 45 heavy (non-hydrogen) atoms. The molecular weight excluding hydrogens is 608 g/mol. The second kappa shape index (κ2) is 14.3. The standard InChI is InChI=1S/C34H37ClN6O3S/c1-43-28-12-10-27(11-13-28)38-14-18-40(19-15-38)32-23-31(35)36-34(37-32)45-24-25-6-5-7-26(22-25)33(42)41-20-16-39(17-21-41)29-8-3-4-9-30(29)44-2/h3-13,22-23H,14-21,24H2,1-2H3. The van der Waals surface area contributed by atoms with Crippen molar-refractivity contribution in [1.82, 2.24) is 14.9 Å². The zero-order valence-electron chi connectivity index (χ0n) is 25.6. The molecule has 234 valence electrons. The number of benzene rings is 3. The Balaban J connectivity index is 1.04. The van der Waals surface area contributed by atoms with Gasteiger partial charge in [0, 0.05) is 75.4 Å². The molecule has 0 saturated carbocycles. The molecule has 0 atom stereocenters. The summed E-state index contributed by atoms with van der Waals surface area (Å²) in [6, 6.07) is 25.9. The van der Waals surface area contributed by atoms with Crippen molar-refractivity contribution in [2.75, 3.05) is 81.3 Å². The zero-order chi connectivity index (χ0) is 31.2. The van der Waals surface area contributed by atoms with Crippen LogP contribution in [0.15, 0.2) is 84.0 Å². The van der Waals surface area contributed by atoms with E-state index in [2.05, 4.69) is 37.9 Å². The normalized spacial score (nSPS) is 15.3. The molecule has 2 aliphatic rings. The molecule has 0 N–H and O–H groups in total. The van der Waals surface area contributed by atoms with E-state index in [0.29, 0.717) is 34.7 Å². The first-order valence-electron chi connectivity index (χ1n) is 15.1. The van der Waals surface area contributed by atoms with Crippen LogP contribution in [0.2, 0.25) is 5.15 Å². The second-order valence-corrected chi connectivity index (χ2v) is 12.3. The van der Waals surface area contributed by atoms with Crippen molar-refractivity contribution < 1.29 is 14.3 Å². The van der Waals surface area contributed by atoms with Crippen molar-refractivity contribution >= 4 is 46.5 Å². The van der Waals surface area contributed by atoms with Gasteiger partial charge in [0.25, 0.3) is 5.91 Å². The molecule has 11 heteroatoms. The van der Waals surface area contributed by atoms with Crippen LogP contribution in [0.25, 0.3) is 0 Å². The molecule has 0 radical (unpaired) electrons. The van der Waals surface area contributed by atoms with E-state index in [1.165, 1.54) is 17.4 Å². The minimum absolute atomic E-state index is 0.0524. The van der Waals surface area contributed by atoms with Crippen LogP contribution in [0.1, 0.15) is 15.9 Å². The molecule has 9 nitrogen and oxygen atoms in total. The van der Waals surface area contributed by atoms with Crippen molar-refractivity contribution in [3.8, 4) is 11.5 Å². The zero-order valence-corrected chi connectivity index (χ0v) is 27.1. The van der Waals surface area contributed by atoms with Crippen LogP contribution >= 0.6 is 23.4 Å². The Bertz CT molecular complexity index is 1610.